The van der Waals surface area contributed by atoms with E-state index in [1.54, 1.807) is 0 Å². The molecule has 0 bridgehead atoms. The quantitative estimate of drug-likeness (QED) is 0.498. The average molecular weight is 131 g/mol. The molecule has 9 heavy (non-hydrogen) atoms. The minimum atomic E-state index is -0.968. The zero-order valence-corrected chi connectivity index (χ0v) is 4.91. The van der Waals surface area contributed by atoms with Gasteiger partial charge in [0, 0.05) is 12.5 Å². The number of aldehydes is 1. The Balaban J connectivity index is 3.37. The predicted molar refractivity (Wildman–Crippen MR) is 30.9 cm³/mol. The molecule has 0 saturated carbocycles. The molecule has 3 N–H and O–H groups in total. The maximum atomic E-state index is 9.89. The van der Waals surface area contributed by atoms with E-state index >= 15 is 0 Å². The van der Waals surface area contributed by atoms with Gasteiger partial charge in [-0.05, 0) is 0 Å². The lowest BCUT2D eigenvalue weighted by Gasteiger charge is -2.00. The summed E-state index contributed by atoms with van der Waals surface area (Å²) in [5, 5.41) is 8.11. The standard InChI is InChI=1S/C5H9NO3/c6-4(1-2-7)3-5(8)9/h2,4H,1,3,6H2,(H,8,9)/t4-/m0/s1. The van der Waals surface area contributed by atoms with E-state index in [9.17, 15) is 9.59 Å². The van der Waals surface area contributed by atoms with Crippen LogP contribution in [0.1, 0.15) is 12.8 Å². The van der Waals surface area contributed by atoms with Crippen molar-refractivity contribution in [1.82, 2.24) is 0 Å². The van der Waals surface area contributed by atoms with E-state index in [2.05, 4.69) is 0 Å². The van der Waals surface area contributed by atoms with Gasteiger partial charge in [0.15, 0.2) is 0 Å². The molecule has 0 aromatic carbocycles. The SMILES string of the molecule is N[C@@H](CC=O)CC(=O)O. The number of carbonyl (C=O) groups is 2. The van der Waals surface area contributed by atoms with Crippen molar-refractivity contribution >= 4 is 12.3 Å². The maximum absolute atomic E-state index is 9.89. The summed E-state index contributed by atoms with van der Waals surface area (Å²) >= 11 is 0. The van der Waals surface area contributed by atoms with Crippen molar-refractivity contribution in [1.29, 1.82) is 0 Å². The van der Waals surface area contributed by atoms with Gasteiger partial charge >= 0.3 is 5.97 Å². The third kappa shape index (κ3) is 4.96. The smallest absolute Gasteiger partial charge is 0.304 e. The van der Waals surface area contributed by atoms with Gasteiger partial charge < -0.3 is 15.6 Å². The number of hydrogen-bond acceptors (Lipinski definition) is 3. The van der Waals surface area contributed by atoms with E-state index in [0.29, 0.717) is 6.29 Å². The Labute approximate surface area is 52.7 Å². The zero-order valence-electron chi connectivity index (χ0n) is 4.91. The van der Waals surface area contributed by atoms with Gasteiger partial charge in [0.2, 0.25) is 0 Å². The van der Waals surface area contributed by atoms with Gasteiger partial charge in [-0.2, -0.15) is 0 Å². The first kappa shape index (κ1) is 8.10. The number of hydrogen-bond donors (Lipinski definition) is 2. The van der Waals surface area contributed by atoms with Crippen molar-refractivity contribution < 1.29 is 14.7 Å². The molecule has 0 radical (unpaired) electrons. The number of rotatable bonds is 4. The summed E-state index contributed by atoms with van der Waals surface area (Å²) in [6.07, 6.45) is 0.596. The molecule has 0 aliphatic rings. The van der Waals surface area contributed by atoms with Gasteiger partial charge in [-0.1, -0.05) is 0 Å². The number of carbonyl (C=O) groups excluding carboxylic acids is 1. The molecule has 0 saturated heterocycles. The third-order valence-electron chi connectivity index (χ3n) is 0.836. The van der Waals surface area contributed by atoms with Crippen molar-refractivity contribution in [2.75, 3.05) is 0 Å². The Morgan fingerprint density at radius 3 is 2.67 bits per heavy atom. The van der Waals surface area contributed by atoms with Crippen molar-refractivity contribution in [3.8, 4) is 0 Å². The molecule has 1 atom stereocenters. The normalized spacial score (nSPS) is 12.6. The number of nitrogens with two attached hydrogens (primary N) is 1. The van der Waals surface area contributed by atoms with Crippen LogP contribution in [0.3, 0.4) is 0 Å². The molecule has 0 heterocycles. The third-order valence-corrected chi connectivity index (χ3v) is 0.836. The lowest BCUT2D eigenvalue weighted by molar-refractivity contribution is -0.137. The average Bonchev–Trinajstić information content (AvgIpc) is 1.63. The fourth-order valence-electron chi connectivity index (χ4n) is 0.431. The largest absolute Gasteiger partial charge is 0.481 e. The first-order valence-electron chi connectivity index (χ1n) is 2.58. The van der Waals surface area contributed by atoms with E-state index in [-0.39, 0.29) is 12.8 Å². The van der Waals surface area contributed by atoms with Crippen molar-refractivity contribution in [3.05, 3.63) is 0 Å². The molecule has 0 fully saturated rings. The van der Waals surface area contributed by atoms with E-state index in [0.717, 1.165) is 0 Å². The van der Waals surface area contributed by atoms with Gasteiger partial charge in [0.1, 0.15) is 6.29 Å². The zero-order chi connectivity index (χ0) is 7.28. The highest BCUT2D eigenvalue weighted by Gasteiger charge is 2.05. The van der Waals surface area contributed by atoms with Crippen LogP contribution in [-0.4, -0.2) is 23.4 Å². The molecule has 4 nitrogen and oxygen atoms in total. The molecule has 52 valence electrons. The second-order valence-corrected chi connectivity index (χ2v) is 1.76. The molecule has 0 aromatic heterocycles. The first-order valence-corrected chi connectivity index (χ1v) is 2.58. The van der Waals surface area contributed by atoms with Crippen LogP contribution in [0.2, 0.25) is 0 Å². The summed E-state index contributed by atoms with van der Waals surface area (Å²) in [7, 11) is 0. The molecule has 0 spiro atoms. The molecule has 0 aliphatic heterocycles. The minimum absolute atomic E-state index is 0.117. The molecule has 4 heteroatoms. The van der Waals surface area contributed by atoms with E-state index in [4.69, 9.17) is 10.8 Å². The monoisotopic (exact) mass is 131 g/mol. The van der Waals surface area contributed by atoms with Gasteiger partial charge in [-0.25, -0.2) is 0 Å². The minimum Gasteiger partial charge on any atom is -0.481 e. The molecule has 0 unspecified atom stereocenters. The summed E-state index contributed by atoms with van der Waals surface area (Å²) in [5.74, 6) is -0.968. The van der Waals surface area contributed by atoms with Crippen molar-refractivity contribution in [2.24, 2.45) is 5.73 Å². The Morgan fingerprint density at radius 2 is 2.33 bits per heavy atom. The summed E-state index contributed by atoms with van der Waals surface area (Å²) in [6.45, 7) is 0. The van der Waals surface area contributed by atoms with Crippen LogP contribution in [0.15, 0.2) is 0 Å². The fraction of sp³-hybridized carbons (Fsp3) is 0.600. The number of carboxylic acid groups (broad SMARTS) is 1. The lowest BCUT2D eigenvalue weighted by Crippen LogP contribution is -2.23. The molecule has 0 aliphatic carbocycles. The highest BCUT2D eigenvalue weighted by molar-refractivity contribution is 5.68. The lowest BCUT2D eigenvalue weighted by atomic mass is 10.2. The molecular formula is C5H9NO3. The van der Waals surface area contributed by atoms with Gasteiger partial charge in [0.05, 0.1) is 6.42 Å². The second-order valence-electron chi connectivity index (χ2n) is 1.76. The topological polar surface area (TPSA) is 80.4 Å². The Bertz CT molecular complexity index is 113. The molecule has 0 aromatic rings. The number of aliphatic carboxylic acids is 1. The van der Waals surface area contributed by atoms with Gasteiger partial charge in [0.25, 0.3) is 0 Å². The maximum Gasteiger partial charge on any atom is 0.304 e. The Hall–Kier alpha value is -0.900. The van der Waals surface area contributed by atoms with E-state index in [1.807, 2.05) is 0 Å². The van der Waals surface area contributed by atoms with Crippen LogP contribution in [0.25, 0.3) is 0 Å². The highest BCUT2D eigenvalue weighted by Crippen LogP contribution is 1.90. The van der Waals surface area contributed by atoms with Crippen molar-refractivity contribution in [3.63, 3.8) is 0 Å². The van der Waals surface area contributed by atoms with Crippen LogP contribution in [0, 0.1) is 0 Å². The van der Waals surface area contributed by atoms with Crippen LogP contribution < -0.4 is 5.73 Å². The molecule has 0 rings (SSSR count). The molecule has 0 amide bonds. The second kappa shape index (κ2) is 4.03. The predicted octanol–water partition coefficient (Wildman–Crippen LogP) is -0.623. The van der Waals surface area contributed by atoms with Crippen LogP contribution in [0.4, 0.5) is 0 Å². The molecular weight excluding hydrogens is 122 g/mol. The highest BCUT2D eigenvalue weighted by atomic mass is 16.4. The summed E-state index contributed by atoms with van der Waals surface area (Å²) < 4.78 is 0. The number of carboxylic acids is 1. The van der Waals surface area contributed by atoms with Crippen LogP contribution >= 0.6 is 0 Å². The summed E-state index contributed by atoms with van der Waals surface area (Å²) in [5.41, 5.74) is 5.17. The van der Waals surface area contributed by atoms with Crippen LogP contribution in [-0.2, 0) is 9.59 Å². The van der Waals surface area contributed by atoms with Crippen LogP contribution in [0.5, 0.6) is 0 Å². The Kier molecular flexibility index (Phi) is 3.62. The summed E-state index contributed by atoms with van der Waals surface area (Å²) in [4.78, 5) is 19.6. The fourth-order valence-corrected chi connectivity index (χ4v) is 0.431. The van der Waals surface area contributed by atoms with E-state index in [1.165, 1.54) is 0 Å². The Morgan fingerprint density at radius 1 is 1.78 bits per heavy atom. The van der Waals surface area contributed by atoms with Gasteiger partial charge in [-0.15, -0.1) is 0 Å². The summed E-state index contributed by atoms with van der Waals surface area (Å²) in [6, 6.07) is -0.528. The van der Waals surface area contributed by atoms with Crippen molar-refractivity contribution in [2.45, 2.75) is 18.9 Å². The van der Waals surface area contributed by atoms with E-state index < -0.39 is 12.0 Å². The first-order chi connectivity index (χ1) is 4.16. The van der Waals surface area contributed by atoms with Gasteiger partial charge in [-0.3, -0.25) is 4.79 Å².